The molecule has 1 N–H and O–H groups in total. The Morgan fingerprint density at radius 1 is 0.976 bits per heavy atom. The highest BCUT2D eigenvalue weighted by atomic mass is 35.5. The Balaban J connectivity index is 2.10. The summed E-state index contributed by atoms with van der Waals surface area (Å²) in [7, 11) is -4.08. The minimum atomic E-state index is -4.08. The zero-order valence-electron chi connectivity index (χ0n) is 23.4. The molecule has 2 amide bonds. The van der Waals surface area contributed by atoms with Crippen LogP contribution in [0.5, 0.6) is 0 Å². The molecular weight excluding hydrogens is 603 g/mol. The van der Waals surface area contributed by atoms with Crippen LogP contribution >= 0.6 is 23.2 Å². The number of benzene rings is 3. The number of halogens is 2. The van der Waals surface area contributed by atoms with Gasteiger partial charge in [-0.15, -0.1) is 0 Å². The molecule has 0 spiro atoms. The van der Waals surface area contributed by atoms with Crippen molar-refractivity contribution in [3.8, 4) is 0 Å². The summed E-state index contributed by atoms with van der Waals surface area (Å²) < 4.78 is 26.5. The summed E-state index contributed by atoms with van der Waals surface area (Å²) in [6.07, 6.45) is 1.70. The zero-order chi connectivity index (χ0) is 31.0. The average Bonchev–Trinajstić information content (AvgIpc) is 2.95. The van der Waals surface area contributed by atoms with E-state index in [1.807, 2.05) is 44.2 Å². The van der Waals surface area contributed by atoms with E-state index in [4.69, 9.17) is 23.2 Å². The SMILES string of the molecule is CC[C@@H](C)NC(=O)[C@@H](Cc1ccccc1)N(Cc1ccc(Cl)c(Cl)c1)C(=O)CN(c1cccc([N+](=O)[O-])c1)S(C)(=O)=O. The molecule has 0 aliphatic heterocycles. The van der Waals surface area contributed by atoms with Crippen LogP contribution in [0.4, 0.5) is 11.4 Å². The number of nitro benzene ring substituents is 1. The van der Waals surface area contributed by atoms with Gasteiger partial charge in [-0.05, 0) is 42.7 Å². The topological polar surface area (TPSA) is 130 Å². The van der Waals surface area contributed by atoms with E-state index >= 15 is 0 Å². The largest absolute Gasteiger partial charge is 0.352 e. The molecule has 0 saturated carbocycles. The second kappa shape index (κ2) is 14.5. The normalized spacial score (nSPS) is 12.7. The fourth-order valence-corrected chi connectivity index (χ4v) is 5.37. The van der Waals surface area contributed by atoms with Crippen LogP contribution in [0.2, 0.25) is 10.0 Å². The van der Waals surface area contributed by atoms with E-state index in [1.54, 1.807) is 18.2 Å². The number of anilines is 1. The van der Waals surface area contributed by atoms with E-state index in [-0.39, 0.29) is 35.4 Å². The fraction of sp³-hybridized carbons (Fsp3) is 0.310. The third-order valence-corrected chi connectivity index (χ3v) is 8.50. The summed E-state index contributed by atoms with van der Waals surface area (Å²) in [5.41, 5.74) is 0.954. The van der Waals surface area contributed by atoms with Crippen LogP contribution in [0.3, 0.4) is 0 Å². The molecule has 13 heteroatoms. The minimum absolute atomic E-state index is 0.0572. The first-order valence-electron chi connectivity index (χ1n) is 13.1. The van der Waals surface area contributed by atoms with Crippen molar-refractivity contribution in [2.24, 2.45) is 0 Å². The molecule has 2 atom stereocenters. The van der Waals surface area contributed by atoms with E-state index in [9.17, 15) is 28.1 Å². The van der Waals surface area contributed by atoms with E-state index in [0.717, 1.165) is 22.2 Å². The van der Waals surface area contributed by atoms with Gasteiger partial charge in [0.2, 0.25) is 21.8 Å². The van der Waals surface area contributed by atoms with Gasteiger partial charge in [-0.2, -0.15) is 0 Å². The lowest BCUT2D eigenvalue weighted by molar-refractivity contribution is -0.384. The summed E-state index contributed by atoms with van der Waals surface area (Å²) in [5, 5.41) is 14.9. The van der Waals surface area contributed by atoms with E-state index in [0.29, 0.717) is 17.0 Å². The van der Waals surface area contributed by atoms with Crippen molar-refractivity contribution in [2.75, 3.05) is 17.1 Å². The van der Waals surface area contributed by atoms with Gasteiger partial charge < -0.3 is 10.2 Å². The predicted molar refractivity (Wildman–Crippen MR) is 164 cm³/mol. The second-order valence-corrected chi connectivity index (χ2v) is 12.6. The molecule has 10 nitrogen and oxygen atoms in total. The van der Waals surface area contributed by atoms with Gasteiger partial charge in [0.25, 0.3) is 5.69 Å². The summed E-state index contributed by atoms with van der Waals surface area (Å²) in [5.74, 6) is -1.11. The Hall–Kier alpha value is -3.67. The molecule has 0 unspecified atom stereocenters. The molecule has 0 saturated heterocycles. The number of nitro groups is 1. The van der Waals surface area contributed by atoms with Crippen molar-refractivity contribution < 1.29 is 22.9 Å². The number of carbonyl (C=O) groups is 2. The molecule has 3 aromatic rings. The van der Waals surface area contributed by atoms with Crippen LogP contribution in [0.15, 0.2) is 72.8 Å². The Morgan fingerprint density at radius 2 is 1.67 bits per heavy atom. The number of non-ortho nitro benzene ring substituents is 1. The smallest absolute Gasteiger partial charge is 0.271 e. The molecule has 3 rings (SSSR count). The monoisotopic (exact) mass is 634 g/mol. The number of hydrogen-bond donors (Lipinski definition) is 1. The Kier molecular flexibility index (Phi) is 11.3. The van der Waals surface area contributed by atoms with Crippen molar-refractivity contribution in [1.29, 1.82) is 0 Å². The lowest BCUT2D eigenvalue weighted by atomic mass is 10.0. The van der Waals surface area contributed by atoms with Gasteiger partial charge in [-0.25, -0.2) is 8.42 Å². The number of nitrogens with one attached hydrogen (secondary N) is 1. The van der Waals surface area contributed by atoms with Gasteiger partial charge in [0.1, 0.15) is 12.6 Å². The van der Waals surface area contributed by atoms with Gasteiger partial charge in [0, 0.05) is 31.1 Å². The number of amides is 2. The third-order valence-electron chi connectivity index (χ3n) is 6.62. The van der Waals surface area contributed by atoms with Crippen molar-refractivity contribution in [2.45, 2.75) is 45.3 Å². The van der Waals surface area contributed by atoms with Crippen molar-refractivity contribution >= 4 is 56.4 Å². The van der Waals surface area contributed by atoms with E-state index in [1.165, 1.54) is 23.1 Å². The van der Waals surface area contributed by atoms with E-state index < -0.39 is 39.3 Å². The standard InChI is InChI=1S/C29H32Cl2N4O6S/c1-4-20(2)32-29(37)27(16-21-9-6-5-7-10-21)33(18-22-13-14-25(30)26(31)15-22)28(36)19-34(42(3,40)41)23-11-8-12-24(17-23)35(38)39/h5-15,17,20,27H,4,16,18-19H2,1-3H3,(H,32,37)/t20-,27-/m1/s1. The van der Waals surface area contributed by atoms with Crippen LogP contribution < -0.4 is 9.62 Å². The van der Waals surface area contributed by atoms with Crippen LogP contribution in [0.1, 0.15) is 31.4 Å². The number of rotatable bonds is 13. The molecule has 0 aliphatic rings. The fourth-order valence-electron chi connectivity index (χ4n) is 4.21. The molecule has 42 heavy (non-hydrogen) atoms. The maximum atomic E-state index is 14.1. The first-order valence-corrected chi connectivity index (χ1v) is 15.7. The Labute approximate surface area is 255 Å². The number of hydrogen-bond acceptors (Lipinski definition) is 6. The summed E-state index contributed by atoms with van der Waals surface area (Å²) in [6, 6.07) is 17.7. The second-order valence-electron chi connectivity index (χ2n) is 9.84. The van der Waals surface area contributed by atoms with Crippen LogP contribution in [0.25, 0.3) is 0 Å². The van der Waals surface area contributed by atoms with Gasteiger partial charge in [-0.1, -0.05) is 72.6 Å². The maximum absolute atomic E-state index is 14.1. The minimum Gasteiger partial charge on any atom is -0.352 e. The van der Waals surface area contributed by atoms with E-state index in [2.05, 4.69) is 5.32 Å². The predicted octanol–water partition coefficient (Wildman–Crippen LogP) is 5.22. The quantitative estimate of drug-likeness (QED) is 0.203. The highest BCUT2D eigenvalue weighted by Crippen LogP contribution is 2.26. The molecule has 224 valence electrons. The third kappa shape index (κ3) is 8.91. The summed E-state index contributed by atoms with van der Waals surface area (Å²) in [4.78, 5) is 39.8. The number of carbonyl (C=O) groups excluding carboxylic acids is 2. The molecule has 0 bridgehead atoms. The summed E-state index contributed by atoms with van der Waals surface area (Å²) >= 11 is 12.3. The van der Waals surface area contributed by atoms with Crippen LogP contribution in [-0.4, -0.2) is 54.9 Å². The summed E-state index contributed by atoms with van der Waals surface area (Å²) in [6.45, 7) is 2.96. The lowest BCUT2D eigenvalue weighted by Crippen LogP contribution is -2.54. The van der Waals surface area contributed by atoms with Crippen molar-refractivity contribution in [1.82, 2.24) is 10.2 Å². The van der Waals surface area contributed by atoms with Crippen LogP contribution in [0, 0.1) is 10.1 Å². The highest BCUT2D eigenvalue weighted by Gasteiger charge is 2.33. The zero-order valence-corrected chi connectivity index (χ0v) is 25.7. The van der Waals surface area contributed by atoms with Gasteiger partial charge >= 0.3 is 0 Å². The molecule has 0 heterocycles. The first-order chi connectivity index (χ1) is 19.8. The number of sulfonamides is 1. The maximum Gasteiger partial charge on any atom is 0.271 e. The van der Waals surface area contributed by atoms with Gasteiger partial charge in [0.05, 0.1) is 26.9 Å². The van der Waals surface area contributed by atoms with Gasteiger partial charge in [0.15, 0.2) is 0 Å². The highest BCUT2D eigenvalue weighted by molar-refractivity contribution is 7.92. The molecule has 0 aliphatic carbocycles. The average molecular weight is 636 g/mol. The molecule has 0 aromatic heterocycles. The first kappa shape index (κ1) is 32.8. The Morgan fingerprint density at radius 3 is 2.26 bits per heavy atom. The molecule has 3 aromatic carbocycles. The lowest BCUT2D eigenvalue weighted by Gasteiger charge is -2.34. The van der Waals surface area contributed by atoms with Gasteiger partial charge in [-0.3, -0.25) is 24.0 Å². The molecular formula is C29H32Cl2N4O6S. The molecule has 0 fully saturated rings. The van der Waals surface area contributed by atoms with Crippen molar-refractivity contribution in [3.05, 3.63) is 104 Å². The van der Waals surface area contributed by atoms with Crippen LogP contribution in [-0.2, 0) is 32.6 Å². The van der Waals surface area contributed by atoms with Crippen molar-refractivity contribution in [3.63, 3.8) is 0 Å². The Bertz CT molecular complexity index is 1540. The molecule has 0 radical (unpaired) electrons. The number of nitrogens with zero attached hydrogens (tertiary/aromatic N) is 3.